The highest BCUT2D eigenvalue weighted by Crippen LogP contribution is 2.29. The third-order valence-electron chi connectivity index (χ3n) is 5.96. The van der Waals surface area contributed by atoms with E-state index < -0.39 is 0 Å². The van der Waals surface area contributed by atoms with Crippen LogP contribution in [0.4, 0.5) is 0 Å². The Morgan fingerprint density at radius 1 is 0.781 bits per heavy atom. The van der Waals surface area contributed by atoms with Gasteiger partial charge in [0.2, 0.25) is 5.91 Å². The van der Waals surface area contributed by atoms with Crippen LogP contribution in [0.2, 0.25) is 0 Å². The largest absolute Gasteiger partial charge is 0.351 e. The standard InChI is InChI=1S/C28H31N3O/c32-27(17-16-24-10-4-1-5-11-24)29-18-19-30-20-22-31(23-21-30)28(25-12-6-2-7-13-25)26-14-8-3-9-15-26/h1-17,28H,18-23H2,(H,29,32). The molecule has 1 aliphatic rings. The smallest absolute Gasteiger partial charge is 0.244 e. The maximum Gasteiger partial charge on any atom is 0.244 e. The minimum Gasteiger partial charge on any atom is -0.351 e. The van der Waals surface area contributed by atoms with E-state index in [1.165, 1.54) is 11.1 Å². The van der Waals surface area contributed by atoms with Gasteiger partial charge in [-0.1, -0.05) is 91.0 Å². The lowest BCUT2D eigenvalue weighted by molar-refractivity contribution is -0.116. The van der Waals surface area contributed by atoms with Crippen molar-refractivity contribution in [1.29, 1.82) is 0 Å². The molecule has 0 aliphatic carbocycles. The molecule has 1 aliphatic heterocycles. The lowest BCUT2D eigenvalue weighted by Gasteiger charge is -2.39. The zero-order chi connectivity index (χ0) is 22.0. The number of hydrogen-bond donors (Lipinski definition) is 1. The Hall–Kier alpha value is -3.21. The van der Waals surface area contributed by atoms with Crippen molar-refractivity contribution in [3.05, 3.63) is 114 Å². The normalized spacial score (nSPS) is 15.3. The molecule has 3 aromatic carbocycles. The van der Waals surface area contributed by atoms with E-state index in [2.05, 4.69) is 75.8 Å². The summed E-state index contributed by atoms with van der Waals surface area (Å²) < 4.78 is 0. The van der Waals surface area contributed by atoms with Crippen LogP contribution in [-0.4, -0.2) is 55.0 Å². The monoisotopic (exact) mass is 425 g/mol. The number of amides is 1. The molecule has 32 heavy (non-hydrogen) atoms. The molecule has 0 unspecified atom stereocenters. The van der Waals surface area contributed by atoms with Gasteiger partial charge in [0.25, 0.3) is 0 Å². The van der Waals surface area contributed by atoms with Gasteiger partial charge in [-0.2, -0.15) is 0 Å². The van der Waals surface area contributed by atoms with Gasteiger partial charge in [-0.25, -0.2) is 0 Å². The number of rotatable bonds is 8. The molecule has 0 bridgehead atoms. The zero-order valence-electron chi connectivity index (χ0n) is 18.4. The summed E-state index contributed by atoms with van der Waals surface area (Å²) in [5.74, 6) is -0.0410. The van der Waals surface area contributed by atoms with Crippen molar-refractivity contribution in [2.24, 2.45) is 0 Å². The van der Waals surface area contributed by atoms with Crippen LogP contribution in [0.1, 0.15) is 22.7 Å². The van der Waals surface area contributed by atoms with Crippen molar-refractivity contribution < 1.29 is 4.79 Å². The molecule has 4 nitrogen and oxygen atoms in total. The molecular weight excluding hydrogens is 394 g/mol. The van der Waals surface area contributed by atoms with E-state index in [9.17, 15) is 4.79 Å². The molecule has 0 spiro atoms. The zero-order valence-corrected chi connectivity index (χ0v) is 18.4. The number of benzene rings is 3. The predicted molar refractivity (Wildman–Crippen MR) is 131 cm³/mol. The molecule has 1 saturated heterocycles. The van der Waals surface area contributed by atoms with Gasteiger partial charge in [0.05, 0.1) is 6.04 Å². The second kappa shape index (κ2) is 11.4. The molecule has 164 valence electrons. The summed E-state index contributed by atoms with van der Waals surface area (Å²) in [5.41, 5.74) is 3.71. The molecule has 1 fully saturated rings. The van der Waals surface area contributed by atoms with Gasteiger partial charge < -0.3 is 5.32 Å². The molecule has 4 heteroatoms. The average molecular weight is 426 g/mol. The fraction of sp³-hybridized carbons (Fsp3) is 0.250. The molecule has 3 aromatic rings. The third kappa shape index (κ3) is 6.16. The molecule has 4 rings (SSSR count). The summed E-state index contributed by atoms with van der Waals surface area (Å²) in [4.78, 5) is 17.1. The molecule has 1 heterocycles. The predicted octanol–water partition coefficient (Wildman–Crippen LogP) is 4.22. The maximum atomic E-state index is 12.1. The first kappa shape index (κ1) is 22.0. The van der Waals surface area contributed by atoms with Crippen molar-refractivity contribution in [3.8, 4) is 0 Å². The number of nitrogens with zero attached hydrogens (tertiary/aromatic N) is 2. The second-order valence-corrected chi connectivity index (χ2v) is 8.14. The molecule has 1 N–H and O–H groups in total. The van der Waals surface area contributed by atoms with Gasteiger partial charge in [-0.15, -0.1) is 0 Å². The van der Waals surface area contributed by atoms with Crippen molar-refractivity contribution in [2.75, 3.05) is 39.3 Å². The summed E-state index contributed by atoms with van der Waals surface area (Å²) in [6.45, 7) is 5.57. The van der Waals surface area contributed by atoms with Crippen LogP contribution < -0.4 is 5.32 Å². The Bertz CT molecular complexity index is 941. The molecule has 0 aromatic heterocycles. The van der Waals surface area contributed by atoms with E-state index in [1.807, 2.05) is 36.4 Å². The molecule has 0 radical (unpaired) electrons. The fourth-order valence-electron chi connectivity index (χ4n) is 4.26. The number of piperazine rings is 1. The van der Waals surface area contributed by atoms with Crippen molar-refractivity contribution in [2.45, 2.75) is 6.04 Å². The first-order valence-corrected chi connectivity index (χ1v) is 11.4. The Labute approximate surface area is 191 Å². The van der Waals surface area contributed by atoms with E-state index in [-0.39, 0.29) is 11.9 Å². The highest BCUT2D eigenvalue weighted by Gasteiger charge is 2.26. The number of carbonyl (C=O) groups is 1. The van der Waals surface area contributed by atoms with E-state index in [4.69, 9.17) is 0 Å². The van der Waals surface area contributed by atoms with Crippen LogP contribution in [0.25, 0.3) is 6.08 Å². The van der Waals surface area contributed by atoms with Crippen LogP contribution in [0.3, 0.4) is 0 Å². The third-order valence-corrected chi connectivity index (χ3v) is 5.96. The van der Waals surface area contributed by atoms with Gasteiger partial charge in [-0.3, -0.25) is 14.6 Å². The van der Waals surface area contributed by atoms with Crippen molar-refractivity contribution >= 4 is 12.0 Å². The van der Waals surface area contributed by atoms with Gasteiger partial charge in [0.15, 0.2) is 0 Å². The number of hydrogen-bond acceptors (Lipinski definition) is 3. The van der Waals surface area contributed by atoms with Gasteiger partial charge in [0.1, 0.15) is 0 Å². The van der Waals surface area contributed by atoms with Crippen molar-refractivity contribution in [3.63, 3.8) is 0 Å². The highest BCUT2D eigenvalue weighted by molar-refractivity contribution is 5.91. The summed E-state index contributed by atoms with van der Waals surface area (Å²) in [5, 5.41) is 3.00. The Kier molecular flexibility index (Phi) is 7.85. The van der Waals surface area contributed by atoms with Crippen LogP contribution in [0.15, 0.2) is 97.1 Å². The molecule has 1 amide bonds. The van der Waals surface area contributed by atoms with Crippen LogP contribution in [-0.2, 0) is 4.79 Å². The van der Waals surface area contributed by atoms with Gasteiger partial charge in [-0.05, 0) is 22.8 Å². The number of carbonyl (C=O) groups excluding carboxylic acids is 1. The lowest BCUT2D eigenvalue weighted by Crippen LogP contribution is -2.49. The first-order chi connectivity index (χ1) is 15.8. The number of nitrogens with one attached hydrogen (secondary N) is 1. The lowest BCUT2D eigenvalue weighted by atomic mass is 9.96. The Morgan fingerprint density at radius 3 is 1.88 bits per heavy atom. The highest BCUT2D eigenvalue weighted by atomic mass is 16.1. The molecule has 0 saturated carbocycles. The average Bonchev–Trinajstić information content (AvgIpc) is 2.86. The Morgan fingerprint density at radius 2 is 1.31 bits per heavy atom. The van der Waals surface area contributed by atoms with Crippen molar-refractivity contribution in [1.82, 2.24) is 15.1 Å². The van der Waals surface area contributed by atoms with E-state index in [1.54, 1.807) is 6.08 Å². The summed E-state index contributed by atoms with van der Waals surface area (Å²) in [6.07, 6.45) is 3.46. The second-order valence-electron chi connectivity index (χ2n) is 8.14. The minimum atomic E-state index is -0.0410. The minimum absolute atomic E-state index is 0.0410. The quantitative estimate of drug-likeness (QED) is 0.549. The van der Waals surface area contributed by atoms with E-state index in [0.717, 1.165) is 38.3 Å². The van der Waals surface area contributed by atoms with Crippen LogP contribution in [0.5, 0.6) is 0 Å². The van der Waals surface area contributed by atoms with Gasteiger partial charge in [0, 0.05) is 45.3 Å². The van der Waals surface area contributed by atoms with Crippen LogP contribution >= 0.6 is 0 Å². The molecule has 0 atom stereocenters. The fourth-order valence-corrected chi connectivity index (χ4v) is 4.26. The van der Waals surface area contributed by atoms with Gasteiger partial charge >= 0.3 is 0 Å². The van der Waals surface area contributed by atoms with E-state index >= 15 is 0 Å². The van der Waals surface area contributed by atoms with Crippen LogP contribution in [0, 0.1) is 0 Å². The SMILES string of the molecule is O=C(C=Cc1ccccc1)NCCN1CCN(C(c2ccccc2)c2ccccc2)CC1. The summed E-state index contributed by atoms with van der Waals surface area (Å²) >= 11 is 0. The summed E-state index contributed by atoms with van der Waals surface area (Å²) in [7, 11) is 0. The van der Waals surface area contributed by atoms with E-state index in [0.29, 0.717) is 6.54 Å². The maximum absolute atomic E-state index is 12.1. The molecular formula is C28H31N3O. The first-order valence-electron chi connectivity index (χ1n) is 11.4. The topological polar surface area (TPSA) is 35.6 Å². The Balaban J connectivity index is 1.27. The summed E-state index contributed by atoms with van der Waals surface area (Å²) in [6, 6.07) is 31.7.